The van der Waals surface area contributed by atoms with Crippen molar-refractivity contribution < 1.29 is 0 Å². The number of hydrogen-bond acceptors (Lipinski definition) is 4. The monoisotopic (exact) mass is 480 g/mol. The number of aromatic nitrogens is 2. The molecule has 0 saturated heterocycles. The molecule has 170 valence electrons. The zero-order chi connectivity index (χ0) is 23.6. The number of nitrogens with zero attached hydrogens (tertiary/aromatic N) is 2. The minimum atomic E-state index is 0.0382. The lowest BCUT2D eigenvalue weighted by Crippen LogP contribution is -2.12. The van der Waals surface area contributed by atoms with Crippen molar-refractivity contribution in [1.29, 1.82) is 0 Å². The number of benzene rings is 3. The summed E-state index contributed by atoms with van der Waals surface area (Å²) in [4.78, 5) is 9.69. The maximum Gasteiger partial charge on any atom is 0.116 e. The van der Waals surface area contributed by atoms with E-state index in [9.17, 15) is 0 Å². The van der Waals surface area contributed by atoms with E-state index in [0.29, 0.717) is 5.92 Å². The Morgan fingerprint density at radius 3 is 2.50 bits per heavy atom. The summed E-state index contributed by atoms with van der Waals surface area (Å²) in [6, 6.07) is 17.9. The quantitative estimate of drug-likeness (QED) is 0.252. The molecule has 6 aromatic rings. The average Bonchev–Trinajstić information content (AvgIpc) is 3.38. The van der Waals surface area contributed by atoms with Gasteiger partial charge in [0.2, 0.25) is 0 Å². The maximum absolute atomic E-state index is 4.84. The third-order valence-corrected chi connectivity index (χ3v) is 8.75. The van der Waals surface area contributed by atoms with Crippen LogP contribution in [-0.4, -0.2) is 9.97 Å². The molecule has 0 bridgehead atoms. The maximum atomic E-state index is 4.84. The molecule has 0 amide bonds. The Bertz CT molecular complexity index is 1700. The first-order chi connectivity index (χ1) is 16.3. The van der Waals surface area contributed by atoms with Gasteiger partial charge in [-0.15, -0.1) is 22.7 Å². The molecule has 0 aliphatic heterocycles. The van der Waals surface area contributed by atoms with Crippen molar-refractivity contribution in [2.75, 3.05) is 0 Å². The lowest BCUT2D eigenvalue weighted by atomic mass is 9.82. The van der Waals surface area contributed by atoms with Gasteiger partial charge in [-0.3, -0.25) is 0 Å². The third-order valence-electron chi connectivity index (χ3n) is 6.60. The fourth-order valence-corrected chi connectivity index (χ4v) is 7.27. The zero-order valence-corrected chi connectivity index (χ0v) is 21.9. The van der Waals surface area contributed by atoms with Crippen LogP contribution in [0, 0.1) is 5.92 Å². The average molecular weight is 481 g/mol. The molecule has 0 fully saturated rings. The van der Waals surface area contributed by atoms with E-state index >= 15 is 0 Å². The van der Waals surface area contributed by atoms with Crippen molar-refractivity contribution in [3.8, 4) is 11.3 Å². The molecule has 34 heavy (non-hydrogen) atoms. The van der Waals surface area contributed by atoms with Crippen LogP contribution in [0.3, 0.4) is 0 Å². The molecule has 0 aliphatic rings. The molecule has 3 heterocycles. The predicted octanol–water partition coefficient (Wildman–Crippen LogP) is 9.38. The molecule has 3 aromatic carbocycles. The summed E-state index contributed by atoms with van der Waals surface area (Å²) in [5, 5.41) is 7.61. The largest absolute Gasteiger partial charge is 0.235 e. The number of thiophene rings is 2. The molecule has 0 radical (unpaired) electrons. The highest BCUT2D eigenvalue weighted by atomic mass is 32.1. The SMILES string of the molecule is CC(C)Cc1csc2ccc3sc4c(-c5cc(C(C)(C)C)c6ccccc6c5)ncnc4c3c12. The summed E-state index contributed by atoms with van der Waals surface area (Å²) >= 11 is 3.68. The Kier molecular flexibility index (Phi) is 5.02. The molecule has 0 unspecified atom stereocenters. The van der Waals surface area contributed by atoms with Gasteiger partial charge in [0.1, 0.15) is 6.33 Å². The van der Waals surface area contributed by atoms with Crippen LogP contribution in [0.25, 0.3) is 52.4 Å². The van der Waals surface area contributed by atoms with Gasteiger partial charge in [-0.05, 0) is 69.3 Å². The molecule has 6 rings (SSSR count). The van der Waals surface area contributed by atoms with Crippen molar-refractivity contribution >= 4 is 63.8 Å². The van der Waals surface area contributed by atoms with Crippen molar-refractivity contribution in [2.45, 2.75) is 46.5 Å². The van der Waals surface area contributed by atoms with Crippen LogP contribution in [0.2, 0.25) is 0 Å². The molecular weight excluding hydrogens is 452 g/mol. The molecule has 0 N–H and O–H groups in total. The molecule has 0 spiro atoms. The first-order valence-corrected chi connectivity index (χ1v) is 13.6. The van der Waals surface area contributed by atoms with E-state index in [0.717, 1.165) is 17.6 Å². The summed E-state index contributed by atoms with van der Waals surface area (Å²) in [6.07, 6.45) is 2.84. The van der Waals surface area contributed by atoms with Crippen LogP contribution >= 0.6 is 22.7 Å². The smallest absolute Gasteiger partial charge is 0.116 e. The summed E-state index contributed by atoms with van der Waals surface area (Å²) < 4.78 is 3.83. The second-order valence-corrected chi connectivity index (χ2v) is 12.6. The first kappa shape index (κ1) is 21.7. The molecule has 0 saturated carbocycles. The Balaban J connectivity index is 1.67. The van der Waals surface area contributed by atoms with Crippen molar-refractivity contribution in [2.24, 2.45) is 5.92 Å². The minimum absolute atomic E-state index is 0.0382. The summed E-state index contributed by atoms with van der Waals surface area (Å²) in [5.41, 5.74) is 6.14. The Labute approximate surface area is 208 Å². The number of hydrogen-bond donors (Lipinski definition) is 0. The van der Waals surface area contributed by atoms with Gasteiger partial charge in [0.05, 0.1) is 15.9 Å². The molecule has 3 aromatic heterocycles. The van der Waals surface area contributed by atoms with Crippen molar-refractivity contribution in [3.63, 3.8) is 0 Å². The van der Waals surface area contributed by atoms with Crippen LogP contribution in [-0.2, 0) is 11.8 Å². The minimum Gasteiger partial charge on any atom is -0.235 e. The van der Waals surface area contributed by atoms with E-state index in [1.54, 1.807) is 6.33 Å². The van der Waals surface area contributed by atoms with Crippen LogP contribution in [0.4, 0.5) is 0 Å². The van der Waals surface area contributed by atoms with Gasteiger partial charge in [0.25, 0.3) is 0 Å². The van der Waals surface area contributed by atoms with Crippen LogP contribution in [0.5, 0.6) is 0 Å². The van der Waals surface area contributed by atoms with Crippen LogP contribution in [0.15, 0.2) is 60.2 Å². The van der Waals surface area contributed by atoms with E-state index in [1.807, 2.05) is 22.7 Å². The van der Waals surface area contributed by atoms with Gasteiger partial charge >= 0.3 is 0 Å². The molecule has 0 atom stereocenters. The normalized spacial score (nSPS) is 12.6. The fourth-order valence-electron chi connectivity index (χ4n) is 5.12. The van der Waals surface area contributed by atoms with E-state index in [-0.39, 0.29) is 5.41 Å². The highest BCUT2D eigenvalue weighted by molar-refractivity contribution is 7.26. The third kappa shape index (κ3) is 3.43. The van der Waals surface area contributed by atoms with E-state index in [2.05, 4.69) is 88.5 Å². The molecular formula is C30H28N2S2. The van der Waals surface area contributed by atoms with Crippen molar-refractivity contribution in [1.82, 2.24) is 9.97 Å². The van der Waals surface area contributed by atoms with Gasteiger partial charge in [-0.25, -0.2) is 9.97 Å². The van der Waals surface area contributed by atoms with Gasteiger partial charge in [0.15, 0.2) is 0 Å². The molecule has 0 aliphatic carbocycles. The second-order valence-electron chi connectivity index (χ2n) is 10.7. The van der Waals surface area contributed by atoms with Gasteiger partial charge in [-0.2, -0.15) is 0 Å². The fraction of sp³-hybridized carbons (Fsp3) is 0.267. The van der Waals surface area contributed by atoms with Gasteiger partial charge in [-0.1, -0.05) is 58.9 Å². The van der Waals surface area contributed by atoms with Crippen molar-refractivity contribution in [3.05, 3.63) is 71.4 Å². The standard InChI is InChI=1S/C30H28N2S2/c1-17(2)12-20-15-33-23-10-11-24-26(25(20)23)28-29(34-24)27(31-16-32-28)19-13-18-8-6-7-9-21(18)22(14-19)30(3,4)5/h6-11,13-17H,12H2,1-5H3. The van der Waals surface area contributed by atoms with E-state index in [4.69, 9.17) is 9.97 Å². The Hall–Kier alpha value is -2.82. The summed E-state index contributed by atoms with van der Waals surface area (Å²) in [5.74, 6) is 0.622. The highest BCUT2D eigenvalue weighted by Crippen LogP contribution is 2.44. The highest BCUT2D eigenvalue weighted by Gasteiger charge is 2.21. The lowest BCUT2D eigenvalue weighted by molar-refractivity contribution is 0.596. The van der Waals surface area contributed by atoms with Crippen LogP contribution < -0.4 is 0 Å². The van der Waals surface area contributed by atoms with Crippen LogP contribution in [0.1, 0.15) is 45.7 Å². The number of rotatable bonds is 3. The molecule has 2 nitrogen and oxygen atoms in total. The Morgan fingerprint density at radius 2 is 1.71 bits per heavy atom. The van der Waals surface area contributed by atoms with Gasteiger partial charge in [0, 0.05) is 25.7 Å². The van der Waals surface area contributed by atoms with Gasteiger partial charge < -0.3 is 0 Å². The van der Waals surface area contributed by atoms with E-state index < -0.39 is 0 Å². The summed E-state index contributed by atoms with van der Waals surface area (Å²) in [6.45, 7) is 11.5. The first-order valence-electron chi connectivity index (χ1n) is 11.9. The zero-order valence-electron chi connectivity index (χ0n) is 20.3. The second kappa shape index (κ2) is 7.86. The Morgan fingerprint density at radius 1 is 0.912 bits per heavy atom. The van der Waals surface area contributed by atoms with E-state index in [1.165, 1.54) is 52.3 Å². The molecule has 4 heteroatoms. The number of fused-ring (bicyclic) bond motifs is 6. The summed E-state index contributed by atoms with van der Waals surface area (Å²) in [7, 11) is 0. The topological polar surface area (TPSA) is 25.8 Å². The predicted molar refractivity (Wildman–Crippen MR) is 150 cm³/mol. The lowest BCUT2D eigenvalue weighted by Gasteiger charge is -2.22.